The highest BCUT2D eigenvalue weighted by Crippen LogP contribution is 2.45. The standard InChI is InChI=1S/C23H22ClNO5/c24-16-6-4-14(5-7-16)15-12-17-21(29)20(18(26)8-9-19(27)28)22(30)23(25(17)13-15)10-2-1-3-11-23/h4-7,12-13,29H,1-3,8-11H2,(H,27,28). The highest BCUT2D eigenvalue weighted by molar-refractivity contribution is 6.30. The van der Waals surface area contributed by atoms with E-state index in [2.05, 4.69) is 0 Å². The molecule has 156 valence electrons. The first-order chi connectivity index (χ1) is 14.3. The second-order valence-corrected chi connectivity index (χ2v) is 8.39. The zero-order valence-corrected chi connectivity index (χ0v) is 17.1. The Bertz CT molecular complexity index is 1060. The van der Waals surface area contributed by atoms with E-state index in [9.17, 15) is 19.5 Å². The van der Waals surface area contributed by atoms with Crippen LogP contribution in [-0.4, -0.2) is 32.3 Å². The number of halogens is 1. The van der Waals surface area contributed by atoms with Crippen LogP contribution in [0.25, 0.3) is 16.9 Å². The number of aliphatic hydroxyl groups excluding tert-OH is 1. The summed E-state index contributed by atoms with van der Waals surface area (Å²) in [7, 11) is 0. The van der Waals surface area contributed by atoms with Crippen LogP contribution in [0.15, 0.2) is 42.1 Å². The van der Waals surface area contributed by atoms with Gasteiger partial charge in [0.1, 0.15) is 11.1 Å². The van der Waals surface area contributed by atoms with E-state index in [1.165, 1.54) is 0 Å². The van der Waals surface area contributed by atoms with Gasteiger partial charge in [0.15, 0.2) is 17.3 Å². The topological polar surface area (TPSA) is 96.6 Å². The molecule has 2 aromatic rings. The minimum absolute atomic E-state index is 0.258. The van der Waals surface area contributed by atoms with E-state index in [1.807, 2.05) is 22.9 Å². The fraction of sp³-hybridized carbons (Fsp3) is 0.348. The number of carbonyl (C=O) groups is 3. The third-order valence-electron chi connectivity index (χ3n) is 6.11. The van der Waals surface area contributed by atoms with Gasteiger partial charge in [-0.15, -0.1) is 0 Å². The number of carboxylic acids is 1. The zero-order chi connectivity index (χ0) is 21.5. The van der Waals surface area contributed by atoms with Gasteiger partial charge in [0.25, 0.3) is 0 Å². The third kappa shape index (κ3) is 3.35. The fourth-order valence-corrected chi connectivity index (χ4v) is 4.71. The Kier molecular flexibility index (Phi) is 5.28. The summed E-state index contributed by atoms with van der Waals surface area (Å²) in [6, 6.07) is 9.03. The second-order valence-electron chi connectivity index (χ2n) is 7.95. The molecule has 1 saturated carbocycles. The minimum Gasteiger partial charge on any atom is -0.505 e. The van der Waals surface area contributed by atoms with Crippen LogP contribution in [0.4, 0.5) is 0 Å². The van der Waals surface area contributed by atoms with Crippen LogP contribution < -0.4 is 0 Å². The SMILES string of the molecule is O=C(O)CCC(=O)C1=C(O)c2cc(-c3ccc(Cl)cc3)cn2C2(CCCCC2)C1=O. The summed E-state index contributed by atoms with van der Waals surface area (Å²) in [6.45, 7) is 0. The van der Waals surface area contributed by atoms with E-state index in [4.69, 9.17) is 16.7 Å². The van der Waals surface area contributed by atoms with Crippen LogP contribution in [0.2, 0.25) is 5.02 Å². The Labute approximate surface area is 178 Å². The number of Topliss-reactive ketones (excluding diaryl/α,β-unsaturated/α-hetero) is 2. The summed E-state index contributed by atoms with van der Waals surface area (Å²) in [5, 5.41) is 20.4. The van der Waals surface area contributed by atoms with Gasteiger partial charge in [-0.25, -0.2) is 0 Å². The van der Waals surface area contributed by atoms with E-state index < -0.39 is 23.1 Å². The van der Waals surface area contributed by atoms with E-state index in [1.54, 1.807) is 18.2 Å². The molecule has 1 spiro atoms. The van der Waals surface area contributed by atoms with Gasteiger partial charge < -0.3 is 14.8 Å². The summed E-state index contributed by atoms with van der Waals surface area (Å²) in [4.78, 5) is 37.2. The van der Waals surface area contributed by atoms with E-state index in [-0.39, 0.29) is 24.2 Å². The molecule has 4 rings (SSSR count). The molecule has 7 heteroatoms. The molecule has 6 nitrogen and oxygen atoms in total. The number of aliphatic carboxylic acids is 1. The number of aromatic nitrogens is 1. The van der Waals surface area contributed by atoms with Crippen molar-refractivity contribution < 1.29 is 24.6 Å². The Hall–Kier alpha value is -2.86. The Morgan fingerprint density at radius 2 is 1.70 bits per heavy atom. The van der Waals surface area contributed by atoms with Crippen LogP contribution in [0.5, 0.6) is 0 Å². The number of allylic oxidation sites excluding steroid dienone is 1. The molecule has 1 aliphatic heterocycles. The molecule has 2 N–H and O–H groups in total. The number of carboxylic acid groups (broad SMARTS) is 1. The number of fused-ring (bicyclic) bond motifs is 2. The number of ketones is 2. The lowest BCUT2D eigenvalue weighted by atomic mass is 9.73. The molecule has 1 aromatic carbocycles. The van der Waals surface area contributed by atoms with Gasteiger partial charge >= 0.3 is 5.97 Å². The smallest absolute Gasteiger partial charge is 0.303 e. The van der Waals surface area contributed by atoms with Crippen molar-refractivity contribution in [3.05, 3.63) is 52.8 Å². The van der Waals surface area contributed by atoms with Crippen LogP contribution in [-0.2, 0) is 19.9 Å². The number of nitrogens with zero attached hydrogens (tertiary/aromatic N) is 1. The van der Waals surface area contributed by atoms with Crippen molar-refractivity contribution in [1.29, 1.82) is 0 Å². The lowest BCUT2D eigenvalue weighted by molar-refractivity contribution is -0.138. The lowest BCUT2D eigenvalue weighted by Crippen LogP contribution is -2.48. The molecular formula is C23H22ClNO5. The minimum atomic E-state index is -1.12. The first-order valence-electron chi connectivity index (χ1n) is 10.1. The average molecular weight is 428 g/mol. The summed E-state index contributed by atoms with van der Waals surface area (Å²) >= 11 is 5.99. The number of rotatable bonds is 5. The van der Waals surface area contributed by atoms with Crippen molar-refractivity contribution in [2.75, 3.05) is 0 Å². The molecule has 0 bridgehead atoms. The van der Waals surface area contributed by atoms with Crippen molar-refractivity contribution in [3.8, 4) is 11.1 Å². The predicted molar refractivity (Wildman–Crippen MR) is 112 cm³/mol. The van der Waals surface area contributed by atoms with Gasteiger partial charge in [-0.2, -0.15) is 0 Å². The van der Waals surface area contributed by atoms with Gasteiger partial charge in [0.2, 0.25) is 0 Å². The first kappa shape index (κ1) is 20.4. The van der Waals surface area contributed by atoms with E-state index in [0.29, 0.717) is 23.6 Å². The summed E-state index contributed by atoms with van der Waals surface area (Å²) in [6.07, 6.45) is 5.01. The summed E-state index contributed by atoms with van der Waals surface area (Å²) in [5.41, 5.74) is 0.932. The first-order valence-corrected chi connectivity index (χ1v) is 10.4. The van der Waals surface area contributed by atoms with Gasteiger partial charge in [-0.3, -0.25) is 14.4 Å². The van der Waals surface area contributed by atoms with Gasteiger partial charge in [0, 0.05) is 23.2 Å². The number of hydrogen-bond acceptors (Lipinski definition) is 4. The van der Waals surface area contributed by atoms with Crippen molar-refractivity contribution in [3.63, 3.8) is 0 Å². The zero-order valence-electron chi connectivity index (χ0n) is 16.4. The Balaban J connectivity index is 1.85. The van der Waals surface area contributed by atoms with Crippen molar-refractivity contribution in [2.45, 2.75) is 50.5 Å². The number of hydrogen-bond donors (Lipinski definition) is 2. The molecule has 0 unspecified atom stereocenters. The van der Waals surface area contributed by atoms with Gasteiger partial charge in [-0.05, 0) is 36.6 Å². The largest absolute Gasteiger partial charge is 0.505 e. The summed E-state index contributed by atoms with van der Waals surface area (Å²) in [5.74, 6) is -2.51. The van der Waals surface area contributed by atoms with Crippen LogP contribution in [0.3, 0.4) is 0 Å². The molecule has 0 saturated heterocycles. The normalized spacial score (nSPS) is 17.8. The lowest BCUT2D eigenvalue weighted by Gasteiger charge is -2.41. The van der Waals surface area contributed by atoms with Crippen LogP contribution in [0, 0.1) is 0 Å². The molecule has 0 radical (unpaired) electrons. The van der Waals surface area contributed by atoms with E-state index >= 15 is 0 Å². The van der Waals surface area contributed by atoms with Crippen LogP contribution in [0.1, 0.15) is 50.6 Å². The highest BCUT2D eigenvalue weighted by atomic mass is 35.5. The third-order valence-corrected chi connectivity index (χ3v) is 6.37. The fourth-order valence-electron chi connectivity index (χ4n) is 4.59. The highest BCUT2D eigenvalue weighted by Gasteiger charge is 2.49. The molecule has 2 aliphatic rings. The quantitative estimate of drug-likeness (QED) is 0.671. The molecular weight excluding hydrogens is 406 g/mol. The molecule has 1 aliphatic carbocycles. The maximum absolute atomic E-state index is 13.5. The van der Waals surface area contributed by atoms with E-state index in [0.717, 1.165) is 30.4 Å². The summed E-state index contributed by atoms with van der Waals surface area (Å²) < 4.78 is 1.82. The molecule has 0 atom stereocenters. The van der Waals surface area contributed by atoms with Crippen LogP contribution >= 0.6 is 11.6 Å². The number of benzene rings is 1. The maximum atomic E-state index is 13.5. The monoisotopic (exact) mass is 427 g/mol. The molecule has 30 heavy (non-hydrogen) atoms. The molecule has 1 fully saturated rings. The van der Waals surface area contributed by atoms with Gasteiger partial charge in [-0.1, -0.05) is 43.0 Å². The van der Waals surface area contributed by atoms with Gasteiger partial charge in [0.05, 0.1) is 12.1 Å². The molecule has 1 aromatic heterocycles. The predicted octanol–water partition coefficient (Wildman–Crippen LogP) is 4.75. The maximum Gasteiger partial charge on any atom is 0.303 e. The molecule has 0 amide bonds. The van der Waals surface area contributed by atoms with Crippen molar-refractivity contribution in [2.24, 2.45) is 0 Å². The second kappa shape index (κ2) is 7.76. The Morgan fingerprint density at radius 3 is 2.33 bits per heavy atom. The molecule has 2 heterocycles. The van der Waals surface area contributed by atoms with Crippen molar-refractivity contribution in [1.82, 2.24) is 4.57 Å². The average Bonchev–Trinajstić information content (AvgIpc) is 3.19. The Morgan fingerprint density at radius 1 is 1.03 bits per heavy atom. The number of aliphatic hydroxyl groups is 1. The number of carbonyl (C=O) groups excluding carboxylic acids is 2. The van der Waals surface area contributed by atoms with Crippen molar-refractivity contribution >= 4 is 34.9 Å².